The molecule has 0 amide bonds. The van der Waals surface area contributed by atoms with Crippen molar-refractivity contribution >= 4 is 33.3 Å². The minimum atomic E-state index is -0.582. The Morgan fingerprint density at radius 1 is 1.19 bits per heavy atom. The van der Waals surface area contributed by atoms with Gasteiger partial charge in [0, 0.05) is 19.5 Å². The molecule has 2 aromatic heterocycles. The number of piperidine rings is 1. The largest absolute Gasteiger partial charge is 0.468 e. The third-order valence-corrected chi connectivity index (χ3v) is 6.29. The molecule has 4 rings (SSSR count). The number of fused-ring (bicyclic) bond motifs is 1. The minimum absolute atomic E-state index is 0.147. The number of thiophene rings is 1. The smallest absolute Gasteiger partial charge is 0.316 e. The van der Waals surface area contributed by atoms with Crippen LogP contribution in [0.2, 0.25) is 0 Å². The fourth-order valence-corrected chi connectivity index (χ4v) is 4.72. The van der Waals surface area contributed by atoms with Crippen molar-refractivity contribution < 1.29 is 9.53 Å². The second-order valence-electron chi connectivity index (χ2n) is 6.88. The van der Waals surface area contributed by atoms with Gasteiger partial charge in [0.25, 0.3) is 0 Å². The van der Waals surface area contributed by atoms with Crippen molar-refractivity contribution in [3.05, 3.63) is 53.2 Å². The molecular formula is C21H23N3O2S. The molecule has 0 saturated carbocycles. The minimum Gasteiger partial charge on any atom is -0.468 e. The Morgan fingerprint density at radius 2 is 1.93 bits per heavy atom. The molecule has 1 fully saturated rings. The van der Waals surface area contributed by atoms with Gasteiger partial charge in [-0.15, -0.1) is 11.3 Å². The van der Waals surface area contributed by atoms with Crippen LogP contribution in [0.4, 0.5) is 5.82 Å². The number of anilines is 1. The van der Waals surface area contributed by atoms with Crippen LogP contribution in [-0.2, 0) is 21.4 Å². The van der Waals surface area contributed by atoms with Crippen LogP contribution < -0.4 is 4.90 Å². The topological polar surface area (TPSA) is 55.3 Å². The van der Waals surface area contributed by atoms with Gasteiger partial charge in [0.15, 0.2) is 0 Å². The molecule has 0 spiro atoms. The van der Waals surface area contributed by atoms with Crippen LogP contribution in [0.25, 0.3) is 10.2 Å². The molecule has 6 heteroatoms. The number of ether oxygens (including phenoxy) is 1. The Bertz CT molecular complexity index is 946. The number of hydrogen-bond acceptors (Lipinski definition) is 6. The van der Waals surface area contributed by atoms with Crippen molar-refractivity contribution in [2.45, 2.75) is 31.6 Å². The summed E-state index contributed by atoms with van der Waals surface area (Å²) < 4.78 is 5.20. The van der Waals surface area contributed by atoms with Crippen LogP contribution >= 0.6 is 11.3 Å². The number of aromatic nitrogens is 2. The van der Waals surface area contributed by atoms with Crippen molar-refractivity contribution in [2.75, 3.05) is 25.1 Å². The molecule has 5 nitrogen and oxygen atoms in total. The van der Waals surface area contributed by atoms with Crippen LogP contribution in [0.3, 0.4) is 0 Å². The molecular weight excluding hydrogens is 358 g/mol. The second-order valence-corrected chi connectivity index (χ2v) is 7.78. The Hall–Kier alpha value is -2.47. The summed E-state index contributed by atoms with van der Waals surface area (Å²) in [6.45, 7) is 3.59. The van der Waals surface area contributed by atoms with E-state index in [1.807, 2.05) is 30.3 Å². The van der Waals surface area contributed by atoms with Gasteiger partial charge in [-0.2, -0.15) is 0 Å². The quantitative estimate of drug-likeness (QED) is 0.640. The van der Waals surface area contributed by atoms with E-state index in [1.165, 1.54) is 7.11 Å². The first kappa shape index (κ1) is 17.9. The third kappa shape index (κ3) is 3.08. The normalized spacial score (nSPS) is 16.4. The summed E-state index contributed by atoms with van der Waals surface area (Å²) in [5.41, 5.74) is 0.454. The van der Waals surface area contributed by atoms with E-state index in [2.05, 4.69) is 28.3 Å². The Morgan fingerprint density at radius 3 is 2.59 bits per heavy atom. The van der Waals surface area contributed by atoms with E-state index in [4.69, 9.17) is 9.72 Å². The maximum absolute atomic E-state index is 12.7. The number of aryl methyl sites for hydroxylation is 1. The van der Waals surface area contributed by atoms with Gasteiger partial charge in [-0.1, -0.05) is 37.3 Å². The molecule has 0 radical (unpaired) electrons. The number of carbonyl (C=O) groups excluding carboxylic acids is 1. The molecule has 0 unspecified atom stereocenters. The van der Waals surface area contributed by atoms with Gasteiger partial charge >= 0.3 is 5.97 Å². The van der Waals surface area contributed by atoms with Crippen LogP contribution in [0.1, 0.15) is 31.2 Å². The third-order valence-electron chi connectivity index (χ3n) is 5.49. The zero-order valence-corrected chi connectivity index (χ0v) is 16.5. The molecule has 0 N–H and O–H groups in total. The average molecular weight is 382 g/mol. The number of rotatable bonds is 4. The van der Waals surface area contributed by atoms with Gasteiger partial charge < -0.3 is 9.64 Å². The van der Waals surface area contributed by atoms with E-state index in [0.717, 1.165) is 46.9 Å². The molecule has 0 aliphatic carbocycles. The second kappa shape index (κ2) is 7.27. The van der Waals surface area contributed by atoms with E-state index in [0.29, 0.717) is 12.8 Å². The zero-order chi connectivity index (χ0) is 18.9. The summed E-state index contributed by atoms with van der Waals surface area (Å²) >= 11 is 1.65. The van der Waals surface area contributed by atoms with E-state index in [-0.39, 0.29) is 5.97 Å². The standard InChI is InChI=1S/C21H23N3O2S/c1-3-17-22-18(16-9-14-27-19(16)23-17)24-12-10-21(11-13-24,20(25)26-2)15-7-5-4-6-8-15/h4-9,14H,3,10-13H2,1-2H3. The molecule has 1 aliphatic heterocycles. The SMILES string of the molecule is CCc1nc(N2CCC(C(=O)OC)(c3ccccc3)CC2)c2ccsc2n1. The Kier molecular flexibility index (Phi) is 4.83. The maximum atomic E-state index is 12.7. The fraction of sp³-hybridized carbons (Fsp3) is 0.381. The first-order valence-corrected chi connectivity index (χ1v) is 10.2. The van der Waals surface area contributed by atoms with Crippen molar-refractivity contribution in [1.29, 1.82) is 0 Å². The molecule has 3 heterocycles. The predicted molar refractivity (Wildman–Crippen MR) is 108 cm³/mol. The molecule has 1 saturated heterocycles. The lowest BCUT2D eigenvalue weighted by Crippen LogP contribution is -2.48. The lowest BCUT2D eigenvalue weighted by Gasteiger charge is -2.40. The van der Waals surface area contributed by atoms with Crippen LogP contribution in [0, 0.1) is 0 Å². The lowest BCUT2D eigenvalue weighted by atomic mass is 9.72. The molecule has 1 aliphatic rings. The number of methoxy groups -OCH3 is 1. The zero-order valence-electron chi connectivity index (χ0n) is 15.6. The van der Waals surface area contributed by atoms with E-state index >= 15 is 0 Å². The summed E-state index contributed by atoms with van der Waals surface area (Å²) in [7, 11) is 1.48. The number of nitrogens with zero attached hydrogens (tertiary/aromatic N) is 3. The summed E-state index contributed by atoms with van der Waals surface area (Å²) in [6, 6.07) is 12.1. The number of hydrogen-bond donors (Lipinski definition) is 0. The summed E-state index contributed by atoms with van der Waals surface area (Å²) in [4.78, 5) is 25.5. The van der Waals surface area contributed by atoms with Gasteiger partial charge in [-0.3, -0.25) is 4.79 Å². The van der Waals surface area contributed by atoms with Crippen LogP contribution in [0.15, 0.2) is 41.8 Å². The molecule has 0 bridgehead atoms. The molecule has 3 aromatic rings. The Labute approximate surface area is 163 Å². The van der Waals surface area contributed by atoms with Gasteiger partial charge in [0.05, 0.1) is 17.9 Å². The predicted octanol–water partition coefficient (Wildman–Crippen LogP) is 3.96. The van der Waals surface area contributed by atoms with Crippen molar-refractivity contribution in [1.82, 2.24) is 9.97 Å². The first-order valence-electron chi connectivity index (χ1n) is 9.31. The summed E-state index contributed by atoms with van der Waals surface area (Å²) in [5, 5.41) is 3.16. The van der Waals surface area contributed by atoms with Gasteiger partial charge in [0.2, 0.25) is 0 Å². The number of esters is 1. The number of carbonyl (C=O) groups is 1. The number of benzene rings is 1. The summed E-state index contributed by atoms with van der Waals surface area (Å²) in [5.74, 6) is 1.71. The highest BCUT2D eigenvalue weighted by Crippen LogP contribution is 2.39. The van der Waals surface area contributed by atoms with Gasteiger partial charge in [-0.05, 0) is 29.9 Å². The lowest BCUT2D eigenvalue weighted by molar-refractivity contribution is -0.148. The van der Waals surface area contributed by atoms with Crippen molar-refractivity contribution in [2.24, 2.45) is 0 Å². The molecule has 140 valence electrons. The highest BCUT2D eigenvalue weighted by molar-refractivity contribution is 7.16. The van der Waals surface area contributed by atoms with E-state index in [1.54, 1.807) is 11.3 Å². The molecule has 0 atom stereocenters. The van der Waals surface area contributed by atoms with Gasteiger partial charge in [-0.25, -0.2) is 9.97 Å². The van der Waals surface area contributed by atoms with E-state index in [9.17, 15) is 4.79 Å². The van der Waals surface area contributed by atoms with Crippen LogP contribution in [0.5, 0.6) is 0 Å². The highest BCUT2D eigenvalue weighted by Gasteiger charge is 2.44. The highest BCUT2D eigenvalue weighted by atomic mass is 32.1. The Balaban J connectivity index is 1.67. The monoisotopic (exact) mass is 381 g/mol. The molecule has 1 aromatic carbocycles. The van der Waals surface area contributed by atoms with Crippen molar-refractivity contribution in [3.8, 4) is 0 Å². The van der Waals surface area contributed by atoms with Gasteiger partial charge in [0.1, 0.15) is 16.5 Å². The average Bonchev–Trinajstić information content (AvgIpc) is 3.21. The molecule has 27 heavy (non-hydrogen) atoms. The summed E-state index contributed by atoms with van der Waals surface area (Å²) in [6.07, 6.45) is 2.23. The van der Waals surface area contributed by atoms with E-state index < -0.39 is 5.41 Å². The fourth-order valence-electron chi connectivity index (χ4n) is 3.95. The van der Waals surface area contributed by atoms with Crippen LogP contribution in [-0.4, -0.2) is 36.1 Å². The maximum Gasteiger partial charge on any atom is 0.316 e. The van der Waals surface area contributed by atoms with Crippen molar-refractivity contribution in [3.63, 3.8) is 0 Å². The first-order chi connectivity index (χ1) is 13.2.